The molecule has 0 aromatic rings. The summed E-state index contributed by atoms with van der Waals surface area (Å²) in [6.07, 6.45) is 8.07. The van der Waals surface area contributed by atoms with Gasteiger partial charge in [0.05, 0.1) is 6.10 Å². The van der Waals surface area contributed by atoms with E-state index in [4.69, 9.17) is 9.47 Å². The van der Waals surface area contributed by atoms with Crippen molar-refractivity contribution in [1.82, 2.24) is 0 Å². The molecule has 1 N–H and O–H groups in total. The number of allylic oxidation sites excluding steroid dienone is 2. The van der Waals surface area contributed by atoms with Crippen LogP contribution in [-0.2, 0) is 14.3 Å². The molecule has 1 aliphatic heterocycles. The van der Waals surface area contributed by atoms with Gasteiger partial charge in [-0.05, 0) is 36.8 Å². The van der Waals surface area contributed by atoms with E-state index in [2.05, 4.69) is 6.08 Å². The maximum Gasteiger partial charge on any atom is 0.162 e. The third kappa shape index (κ3) is 2.73. The van der Waals surface area contributed by atoms with Crippen LogP contribution in [0.5, 0.6) is 0 Å². The second-order valence-electron chi connectivity index (χ2n) is 5.95. The predicted octanol–water partition coefficient (Wildman–Crippen LogP) is 1.98. The summed E-state index contributed by atoms with van der Waals surface area (Å²) in [6, 6.07) is 0. The van der Waals surface area contributed by atoms with E-state index < -0.39 is 6.29 Å². The maximum atomic E-state index is 12.4. The van der Waals surface area contributed by atoms with Crippen LogP contribution in [0.15, 0.2) is 23.3 Å². The van der Waals surface area contributed by atoms with Gasteiger partial charge in [0.2, 0.25) is 0 Å². The van der Waals surface area contributed by atoms with Gasteiger partial charge >= 0.3 is 0 Å². The van der Waals surface area contributed by atoms with Crippen LogP contribution in [-0.4, -0.2) is 37.0 Å². The molecule has 1 heterocycles. The molecule has 0 bridgehead atoms. The van der Waals surface area contributed by atoms with E-state index >= 15 is 0 Å². The Balaban J connectivity index is 1.65. The van der Waals surface area contributed by atoms with Crippen molar-refractivity contribution in [2.24, 2.45) is 11.8 Å². The van der Waals surface area contributed by atoms with Crippen LogP contribution in [0.4, 0.5) is 0 Å². The second kappa shape index (κ2) is 5.80. The van der Waals surface area contributed by atoms with Crippen LogP contribution in [0.3, 0.4) is 0 Å². The molecule has 1 saturated heterocycles. The van der Waals surface area contributed by atoms with Gasteiger partial charge in [-0.3, -0.25) is 4.79 Å². The first-order valence-corrected chi connectivity index (χ1v) is 7.47. The van der Waals surface area contributed by atoms with Gasteiger partial charge < -0.3 is 14.6 Å². The molecule has 1 saturated carbocycles. The average Bonchev–Trinajstić information content (AvgIpc) is 3.28. The van der Waals surface area contributed by atoms with Crippen LogP contribution < -0.4 is 0 Å². The maximum absolute atomic E-state index is 12.4. The number of carbonyl (C=O) groups excluding carboxylic acids is 1. The molecule has 0 aromatic heterocycles. The van der Waals surface area contributed by atoms with Gasteiger partial charge in [0.1, 0.15) is 0 Å². The lowest BCUT2D eigenvalue weighted by Gasteiger charge is -2.23. The highest BCUT2D eigenvalue weighted by Crippen LogP contribution is 2.44. The average molecular weight is 278 g/mol. The molecule has 4 nitrogen and oxygen atoms in total. The minimum absolute atomic E-state index is 0.0335. The highest BCUT2D eigenvalue weighted by Gasteiger charge is 2.48. The first-order chi connectivity index (χ1) is 9.70. The fourth-order valence-corrected chi connectivity index (χ4v) is 3.21. The predicted molar refractivity (Wildman–Crippen MR) is 74.0 cm³/mol. The number of Topliss-reactive ketones (excluding diaryl/α,β-unsaturated/α-hetero) is 1. The molecule has 0 amide bonds. The van der Waals surface area contributed by atoms with Gasteiger partial charge in [-0.2, -0.15) is 0 Å². The lowest BCUT2D eigenvalue weighted by atomic mass is 9.89. The number of hydrogen-bond donors (Lipinski definition) is 1. The van der Waals surface area contributed by atoms with Crippen molar-refractivity contribution in [3.05, 3.63) is 23.3 Å². The van der Waals surface area contributed by atoms with Gasteiger partial charge in [-0.25, -0.2) is 0 Å². The van der Waals surface area contributed by atoms with Crippen LogP contribution in [0.25, 0.3) is 0 Å². The zero-order chi connectivity index (χ0) is 14.1. The highest BCUT2D eigenvalue weighted by atomic mass is 16.6. The van der Waals surface area contributed by atoms with Gasteiger partial charge in [-0.1, -0.05) is 12.2 Å². The highest BCUT2D eigenvalue weighted by molar-refractivity contribution is 5.99. The molecule has 3 rings (SSSR count). The van der Waals surface area contributed by atoms with Crippen LogP contribution in [0.2, 0.25) is 0 Å². The van der Waals surface area contributed by atoms with E-state index in [1.807, 2.05) is 6.08 Å². The largest absolute Gasteiger partial charge is 0.374 e. The van der Waals surface area contributed by atoms with Gasteiger partial charge in [0.15, 0.2) is 12.1 Å². The van der Waals surface area contributed by atoms with Crippen LogP contribution in [0, 0.1) is 11.8 Å². The summed E-state index contributed by atoms with van der Waals surface area (Å²) >= 11 is 0. The topological polar surface area (TPSA) is 55.8 Å². The molecule has 0 aromatic carbocycles. The van der Waals surface area contributed by atoms with Crippen LogP contribution >= 0.6 is 0 Å². The van der Waals surface area contributed by atoms with Gasteiger partial charge in [0, 0.05) is 32.0 Å². The smallest absolute Gasteiger partial charge is 0.162 e. The molecule has 0 spiro atoms. The van der Waals surface area contributed by atoms with Crippen LogP contribution in [0.1, 0.15) is 32.1 Å². The summed E-state index contributed by atoms with van der Waals surface area (Å²) in [5, 5.41) is 9.61. The molecule has 3 aliphatic rings. The van der Waals surface area contributed by atoms with E-state index in [1.54, 1.807) is 0 Å². The Labute approximate surface area is 119 Å². The Morgan fingerprint density at radius 1 is 1.45 bits per heavy atom. The van der Waals surface area contributed by atoms with Crippen molar-refractivity contribution in [3.8, 4) is 0 Å². The van der Waals surface area contributed by atoms with Crippen molar-refractivity contribution < 1.29 is 19.4 Å². The molecule has 2 fully saturated rings. The second-order valence-corrected chi connectivity index (χ2v) is 5.95. The van der Waals surface area contributed by atoms with E-state index in [-0.39, 0.29) is 23.7 Å². The zero-order valence-corrected chi connectivity index (χ0v) is 11.9. The van der Waals surface area contributed by atoms with E-state index in [1.165, 1.54) is 19.1 Å². The number of fused-ring (bicyclic) bond motifs is 1. The fraction of sp³-hybridized carbons (Fsp3) is 0.688. The number of methoxy groups -OCH3 is 1. The molecule has 4 heteroatoms. The number of ketones is 1. The summed E-state index contributed by atoms with van der Waals surface area (Å²) in [7, 11) is 1.47. The molecule has 4 atom stereocenters. The van der Waals surface area contributed by atoms with E-state index in [9.17, 15) is 9.90 Å². The first-order valence-electron chi connectivity index (χ1n) is 7.47. The number of ether oxygens (including phenoxy) is 2. The molecule has 0 radical (unpaired) electrons. The fourth-order valence-electron chi connectivity index (χ4n) is 3.21. The summed E-state index contributed by atoms with van der Waals surface area (Å²) in [4.78, 5) is 12.4. The summed E-state index contributed by atoms with van der Waals surface area (Å²) < 4.78 is 10.7. The minimum Gasteiger partial charge on any atom is -0.374 e. The lowest BCUT2D eigenvalue weighted by Crippen LogP contribution is -2.23. The first kappa shape index (κ1) is 14.0. The minimum atomic E-state index is -0.812. The molecular weight excluding hydrogens is 256 g/mol. The summed E-state index contributed by atoms with van der Waals surface area (Å²) in [6.45, 7) is 0.790. The Morgan fingerprint density at radius 2 is 2.30 bits per heavy atom. The Morgan fingerprint density at radius 3 is 3.10 bits per heavy atom. The SMILES string of the molecule is COC(O)C1C[C@H]1C(=O)C1=CC=C2CCCCOC2C1. The lowest BCUT2D eigenvalue weighted by molar-refractivity contribution is -0.121. The number of aliphatic hydroxyl groups excluding tert-OH is 1. The van der Waals surface area contributed by atoms with Crippen molar-refractivity contribution >= 4 is 5.78 Å². The van der Waals surface area contributed by atoms with Gasteiger partial charge in [0.25, 0.3) is 0 Å². The van der Waals surface area contributed by atoms with Crippen molar-refractivity contribution in [2.75, 3.05) is 13.7 Å². The number of hydrogen-bond acceptors (Lipinski definition) is 4. The molecule has 110 valence electrons. The van der Waals surface area contributed by atoms with Crippen molar-refractivity contribution in [3.63, 3.8) is 0 Å². The number of aliphatic hydroxyl groups is 1. The molecule has 2 aliphatic carbocycles. The number of rotatable bonds is 4. The normalized spacial score (nSPS) is 34.4. The molecule has 3 unspecified atom stereocenters. The summed E-state index contributed by atoms with van der Waals surface area (Å²) in [5.41, 5.74) is 2.17. The monoisotopic (exact) mass is 278 g/mol. The quantitative estimate of drug-likeness (QED) is 0.799. The standard InChI is InChI=1S/C16H22O4/c1-19-16(18)13-9-12(13)15(17)11-6-5-10-4-2-3-7-20-14(10)8-11/h5-6,12-14,16,18H,2-4,7-9H2,1H3/t12-,13?,14?,16?/m1/s1. The summed E-state index contributed by atoms with van der Waals surface area (Å²) in [5.74, 6) is 0.0556. The Kier molecular flexibility index (Phi) is 4.06. The Bertz CT molecular complexity index is 451. The zero-order valence-electron chi connectivity index (χ0n) is 11.9. The molecular formula is C16H22O4. The van der Waals surface area contributed by atoms with Crippen molar-refractivity contribution in [1.29, 1.82) is 0 Å². The van der Waals surface area contributed by atoms with Crippen molar-refractivity contribution in [2.45, 2.75) is 44.5 Å². The van der Waals surface area contributed by atoms with Gasteiger partial charge in [-0.15, -0.1) is 0 Å². The third-order valence-electron chi connectivity index (χ3n) is 4.60. The number of carbonyl (C=O) groups is 1. The molecule has 20 heavy (non-hydrogen) atoms. The van der Waals surface area contributed by atoms with E-state index in [0.29, 0.717) is 6.42 Å². The third-order valence-corrected chi connectivity index (χ3v) is 4.60. The van der Waals surface area contributed by atoms with E-state index in [0.717, 1.165) is 31.4 Å². The Hall–Kier alpha value is -0.970.